The molecule has 0 saturated heterocycles. The smallest absolute Gasteiger partial charge is 0.234 e. The van der Waals surface area contributed by atoms with Crippen molar-refractivity contribution < 1.29 is 9.53 Å². The van der Waals surface area contributed by atoms with E-state index in [-0.39, 0.29) is 11.7 Å². The van der Waals surface area contributed by atoms with E-state index in [0.29, 0.717) is 10.9 Å². The molecule has 0 spiro atoms. The van der Waals surface area contributed by atoms with Crippen LogP contribution in [0.25, 0.3) is 0 Å². The van der Waals surface area contributed by atoms with Crippen molar-refractivity contribution in [1.29, 1.82) is 0 Å². The number of anilines is 1. The number of carbonyl (C=O) groups excluding carboxylic acids is 1. The summed E-state index contributed by atoms with van der Waals surface area (Å²) in [6.45, 7) is 6.13. The molecule has 0 radical (unpaired) electrons. The van der Waals surface area contributed by atoms with Crippen LogP contribution in [0.5, 0.6) is 11.6 Å². The van der Waals surface area contributed by atoms with Gasteiger partial charge >= 0.3 is 0 Å². The van der Waals surface area contributed by atoms with E-state index in [2.05, 4.69) is 28.3 Å². The maximum atomic E-state index is 12.2. The molecular formula is C22H23N3O2S. The van der Waals surface area contributed by atoms with Gasteiger partial charge in [-0.15, -0.1) is 0 Å². The zero-order chi connectivity index (χ0) is 19.9. The molecule has 1 amide bonds. The lowest BCUT2D eigenvalue weighted by Gasteiger charge is -2.08. The molecule has 3 rings (SSSR count). The van der Waals surface area contributed by atoms with E-state index in [0.717, 1.165) is 29.0 Å². The summed E-state index contributed by atoms with van der Waals surface area (Å²) in [6.07, 6.45) is 2.38. The number of ether oxygens (including phenoxy) is 1. The van der Waals surface area contributed by atoms with E-state index in [1.807, 2.05) is 50.2 Å². The Bertz CT molecular complexity index is 955. The van der Waals surface area contributed by atoms with Gasteiger partial charge in [-0.3, -0.25) is 4.79 Å². The highest BCUT2D eigenvalue weighted by molar-refractivity contribution is 7.99. The first kappa shape index (κ1) is 19.9. The minimum absolute atomic E-state index is 0.0753. The normalized spacial score (nSPS) is 10.5. The molecule has 0 atom stereocenters. The topological polar surface area (TPSA) is 64.1 Å². The molecule has 1 N–H and O–H groups in total. The fourth-order valence-electron chi connectivity index (χ4n) is 2.78. The average Bonchev–Trinajstić information content (AvgIpc) is 2.66. The van der Waals surface area contributed by atoms with Gasteiger partial charge in [-0.1, -0.05) is 36.9 Å². The first-order valence-corrected chi connectivity index (χ1v) is 10.1. The number of nitrogens with zero attached hydrogens (tertiary/aromatic N) is 2. The number of rotatable bonds is 7. The Kier molecular flexibility index (Phi) is 6.66. The molecule has 1 aromatic heterocycles. The van der Waals surface area contributed by atoms with Crippen LogP contribution in [0.3, 0.4) is 0 Å². The van der Waals surface area contributed by atoms with Gasteiger partial charge < -0.3 is 10.1 Å². The minimum Gasteiger partial charge on any atom is -0.439 e. The number of amides is 1. The largest absolute Gasteiger partial charge is 0.439 e. The second-order valence-electron chi connectivity index (χ2n) is 6.51. The molecule has 0 aliphatic rings. The van der Waals surface area contributed by atoms with Crippen molar-refractivity contribution in [2.45, 2.75) is 32.2 Å². The molecule has 3 aromatic rings. The monoisotopic (exact) mass is 393 g/mol. The minimum atomic E-state index is -0.0753. The number of hydrogen-bond donors (Lipinski definition) is 1. The maximum absolute atomic E-state index is 12.2. The Balaban J connectivity index is 1.58. The Hall–Kier alpha value is -2.86. The van der Waals surface area contributed by atoms with Crippen LogP contribution < -0.4 is 10.1 Å². The first-order chi connectivity index (χ1) is 13.5. The van der Waals surface area contributed by atoms with Gasteiger partial charge in [0.1, 0.15) is 17.1 Å². The van der Waals surface area contributed by atoms with Crippen molar-refractivity contribution in [2.24, 2.45) is 0 Å². The van der Waals surface area contributed by atoms with Gasteiger partial charge in [-0.2, -0.15) is 0 Å². The summed E-state index contributed by atoms with van der Waals surface area (Å²) in [5.41, 5.74) is 4.26. The van der Waals surface area contributed by atoms with Crippen molar-refractivity contribution in [3.63, 3.8) is 0 Å². The van der Waals surface area contributed by atoms with Gasteiger partial charge in [0.2, 0.25) is 11.8 Å². The molecule has 0 unspecified atom stereocenters. The van der Waals surface area contributed by atoms with Crippen molar-refractivity contribution >= 4 is 23.4 Å². The van der Waals surface area contributed by atoms with Gasteiger partial charge in [0.15, 0.2) is 0 Å². The Morgan fingerprint density at radius 3 is 2.61 bits per heavy atom. The lowest BCUT2D eigenvalue weighted by Crippen LogP contribution is -2.14. The van der Waals surface area contributed by atoms with Crippen LogP contribution in [0, 0.1) is 13.8 Å². The predicted octanol–water partition coefficient (Wildman–Crippen LogP) is 5.18. The number of aryl methyl sites for hydroxylation is 3. The van der Waals surface area contributed by atoms with Crippen LogP contribution >= 0.6 is 11.8 Å². The summed E-state index contributed by atoms with van der Waals surface area (Å²) in [7, 11) is 0. The summed E-state index contributed by atoms with van der Waals surface area (Å²) >= 11 is 1.35. The first-order valence-electron chi connectivity index (χ1n) is 9.11. The van der Waals surface area contributed by atoms with Gasteiger partial charge in [0.25, 0.3) is 0 Å². The number of nitrogens with one attached hydrogen (secondary N) is 1. The number of thioether (sulfide) groups is 1. The Morgan fingerprint density at radius 2 is 1.86 bits per heavy atom. The highest BCUT2D eigenvalue weighted by Crippen LogP contribution is 2.25. The summed E-state index contributed by atoms with van der Waals surface area (Å²) < 4.78 is 5.84. The molecule has 1 heterocycles. The van der Waals surface area contributed by atoms with E-state index in [1.54, 1.807) is 6.07 Å². The molecule has 0 aliphatic carbocycles. The number of aromatic nitrogens is 2. The summed E-state index contributed by atoms with van der Waals surface area (Å²) in [5, 5.41) is 3.61. The molecule has 0 aliphatic heterocycles. The van der Waals surface area contributed by atoms with E-state index in [1.165, 1.54) is 23.7 Å². The fourth-order valence-corrected chi connectivity index (χ4v) is 3.43. The second kappa shape index (κ2) is 9.37. The van der Waals surface area contributed by atoms with E-state index in [9.17, 15) is 4.79 Å². The highest BCUT2D eigenvalue weighted by atomic mass is 32.2. The van der Waals surface area contributed by atoms with Crippen molar-refractivity contribution in [1.82, 2.24) is 9.97 Å². The Morgan fingerprint density at radius 1 is 1.07 bits per heavy atom. The lowest BCUT2D eigenvalue weighted by atomic mass is 10.1. The zero-order valence-electron chi connectivity index (χ0n) is 16.2. The predicted molar refractivity (Wildman–Crippen MR) is 113 cm³/mol. The molecule has 2 aromatic carbocycles. The van der Waals surface area contributed by atoms with Gasteiger partial charge in [0, 0.05) is 11.8 Å². The van der Waals surface area contributed by atoms with E-state index < -0.39 is 0 Å². The zero-order valence-corrected chi connectivity index (χ0v) is 17.0. The average molecular weight is 394 g/mol. The fraction of sp³-hybridized carbons (Fsp3) is 0.227. The third-order valence-electron chi connectivity index (χ3n) is 4.00. The van der Waals surface area contributed by atoms with Crippen molar-refractivity contribution in [3.05, 3.63) is 71.5 Å². The summed E-state index contributed by atoms with van der Waals surface area (Å²) in [5.74, 6) is 1.38. The number of benzene rings is 2. The summed E-state index contributed by atoms with van der Waals surface area (Å²) in [6, 6.07) is 15.6. The van der Waals surface area contributed by atoms with E-state index in [4.69, 9.17) is 4.74 Å². The van der Waals surface area contributed by atoms with E-state index >= 15 is 0 Å². The molecule has 0 bridgehead atoms. The van der Waals surface area contributed by atoms with Crippen molar-refractivity contribution in [3.8, 4) is 11.6 Å². The SMILES string of the molecule is CCc1cccc(NC(=O)CSc2cc(Oc3cc(C)cc(C)c3)ncn2)c1. The molecule has 5 nitrogen and oxygen atoms in total. The number of carbonyl (C=O) groups is 1. The van der Waals surface area contributed by atoms with Crippen LogP contribution in [0.15, 0.2) is 59.9 Å². The standard InChI is InChI=1S/C22H23N3O2S/c1-4-17-6-5-7-18(11-17)25-20(26)13-28-22-12-21(23-14-24-22)27-19-9-15(2)8-16(3)10-19/h5-12,14H,4,13H2,1-3H3,(H,25,26). The molecule has 28 heavy (non-hydrogen) atoms. The molecule has 0 saturated carbocycles. The van der Waals surface area contributed by atoms with Crippen LogP contribution in [0.4, 0.5) is 5.69 Å². The third kappa shape index (κ3) is 5.82. The number of hydrogen-bond acceptors (Lipinski definition) is 5. The Labute approximate surface area is 169 Å². The van der Waals surface area contributed by atoms with Crippen LogP contribution in [-0.4, -0.2) is 21.6 Å². The van der Waals surface area contributed by atoms with Gasteiger partial charge in [-0.25, -0.2) is 9.97 Å². The van der Waals surface area contributed by atoms with Crippen molar-refractivity contribution in [2.75, 3.05) is 11.1 Å². The van der Waals surface area contributed by atoms with Crippen LogP contribution in [-0.2, 0) is 11.2 Å². The third-order valence-corrected chi connectivity index (χ3v) is 4.93. The molecule has 144 valence electrons. The molecular weight excluding hydrogens is 370 g/mol. The molecule has 0 fully saturated rings. The highest BCUT2D eigenvalue weighted by Gasteiger charge is 2.08. The van der Waals surface area contributed by atoms with Gasteiger partial charge in [0.05, 0.1) is 5.75 Å². The van der Waals surface area contributed by atoms with Crippen LogP contribution in [0.1, 0.15) is 23.6 Å². The van der Waals surface area contributed by atoms with Gasteiger partial charge in [-0.05, 0) is 61.2 Å². The molecule has 6 heteroatoms. The summed E-state index contributed by atoms with van der Waals surface area (Å²) in [4.78, 5) is 20.6. The lowest BCUT2D eigenvalue weighted by molar-refractivity contribution is -0.113. The quantitative estimate of drug-likeness (QED) is 0.443. The second-order valence-corrected chi connectivity index (χ2v) is 7.51. The maximum Gasteiger partial charge on any atom is 0.234 e. The van der Waals surface area contributed by atoms with Crippen LogP contribution in [0.2, 0.25) is 0 Å².